The van der Waals surface area contributed by atoms with Crippen LogP contribution in [0, 0.1) is 6.92 Å². The maximum atomic E-state index is 13.0. The van der Waals surface area contributed by atoms with Gasteiger partial charge in [-0.15, -0.1) is 0 Å². The number of rotatable bonds is 3. The van der Waals surface area contributed by atoms with Gasteiger partial charge in [0.05, 0.1) is 7.11 Å². The minimum Gasteiger partial charge on any atom is -0.479 e. The molecular weight excluding hydrogens is 288 g/mol. The molecule has 0 aliphatic rings. The maximum Gasteiger partial charge on any atom is 0.263 e. The van der Waals surface area contributed by atoms with E-state index < -0.39 is 0 Å². The Hall–Kier alpha value is -2.88. The van der Waals surface area contributed by atoms with Gasteiger partial charge in [0.2, 0.25) is 5.88 Å². The van der Waals surface area contributed by atoms with Crippen molar-refractivity contribution in [2.24, 2.45) is 0 Å². The van der Waals surface area contributed by atoms with Gasteiger partial charge >= 0.3 is 0 Å². The summed E-state index contributed by atoms with van der Waals surface area (Å²) in [6.07, 6.45) is 3.49. The van der Waals surface area contributed by atoms with Crippen molar-refractivity contribution in [3.63, 3.8) is 0 Å². The van der Waals surface area contributed by atoms with Gasteiger partial charge in [0, 0.05) is 23.3 Å². The summed E-state index contributed by atoms with van der Waals surface area (Å²) in [5.74, 6) is 0.426. The van der Waals surface area contributed by atoms with Gasteiger partial charge in [0.25, 0.3) is 5.56 Å². The van der Waals surface area contributed by atoms with Gasteiger partial charge in [-0.2, -0.15) is 0 Å². The Morgan fingerprint density at radius 2 is 1.91 bits per heavy atom. The van der Waals surface area contributed by atoms with Gasteiger partial charge in [0.1, 0.15) is 5.69 Å². The molecule has 2 heterocycles. The Kier molecular flexibility index (Phi) is 3.74. The highest BCUT2D eigenvalue weighted by molar-refractivity contribution is 5.92. The van der Waals surface area contributed by atoms with Crippen molar-refractivity contribution < 1.29 is 4.74 Å². The Morgan fingerprint density at radius 3 is 2.57 bits per heavy atom. The fourth-order valence-corrected chi connectivity index (χ4v) is 2.77. The second kappa shape index (κ2) is 5.72. The van der Waals surface area contributed by atoms with Crippen LogP contribution < -0.4 is 10.3 Å². The first-order chi connectivity index (χ1) is 11.0. The first kappa shape index (κ1) is 15.0. The van der Waals surface area contributed by atoms with Crippen molar-refractivity contribution >= 4 is 16.3 Å². The van der Waals surface area contributed by atoms with Gasteiger partial charge in [-0.1, -0.05) is 24.8 Å². The van der Waals surface area contributed by atoms with Crippen LogP contribution in [0.2, 0.25) is 0 Å². The van der Waals surface area contributed by atoms with Crippen molar-refractivity contribution in [1.29, 1.82) is 0 Å². The zero-order chi connectivity index (χ0) is 16.6. The van der Waals surface area contributed by atoms with Gasteiger partial charge in [-0.05, 0) is 42.5 Å². The van der Waals surface area contributed by atoms with E-state index in [1.165, 1.54) is 0 Å². The molecule has 0 atom stereocenters. The number of fused-ring (bicyclic) bond motifs is 1. The van der Waals surface area contributed by atoms with E-state index in [1.807, 2.05) is 50.4 Å². The highest BCUT2D eigenvalue weighted by Gasteiger charge is 2.15. The van der Waals surface area contributed by atoms with E-state index in [0.717, 1.165) is 22.1 Å². The molecule has 0 radical (unpaired) electrons. The number of ether oxygens (including phenoxy) is 1. The van der Waals surface area contributed by atoms with Crippen LogP contribution in [0.25, 0.3) is 22.0 Å². The third-order valence-electron chi connectivity index (χ3n) is 3.91. The Bertz CT molecular complexity index is 971. The van der Waals surface area contributed by atoms with E-state index in [0.29, 0.717) is 17.0 Å². The molecule has 1 aromatic carbocycles. The molecule has 0 fully saturated rings. The van der Waals surface area contributed by atoms with Crippen LogP contribution in [0.5, 0.6) is 5.88 Å². The third-order valence-corrected chi connectivity index (χ3v) is 3.91. The topological polar surface area (TPSA) is 44.1 Å². The molecule has 0 bridgehead atoms. The summed E-state index contributed by atoms with van der Waals surface area (Å²) in [6, 6.07) is 9.43. The summed E-state index contributed by atoms with van der Waals surface area (Å²) >= 11 is 0. The molecule has 0 saturated carbocycles. The molecule has 0 saturated heterocycles. The van der Waals surface area contributed by atoms with Crippen molar-refractivity contribution in [3.8, 4) is 11.6 Å². The maximum absolute atomic E-state index is 13.0. The van der Waals surface area contributed by atoms with E-state index >= 15 is 0 Å². The molecule has 0 N–H and O–H groups in total. The lowest BCUT2D eigenvalue weighted by molar-refractivity contribution is 0.395. The van der Waals surface area contributed by atoms with Crippen LogP contribution in [-0.2, 0) is 0 Å². The predicted molar refractivity (Wildman–Crippen MR) is 93.3 cm³/mol. The van der Waals surface area contributed by atoms with Crippen LogP contribution in [-0.4, -0.2) is 16.7 Å². The molecule has 4 nitrogen and oxygen atoms in total. The second-order valence-corrected chi connectivity index (χ2v) is 5.53. The number of aromatic nitrogens is 2. The Balaban J connectivity index is 2.47. The minimum absolute atomic E-state index is 0.0972. The number of methoxy groups -OCH3 is 1. The van der Waals surface area contributed by atoms with E-state index in [4.69, 9.17) is 4.74 Å². The van der Waals surface area contributed by atoms with Crippen molar-refractivity contribution in [2.75, 3.05) is 7.11 Å². The lowest BCUT2D eigenvalue weighted by Gasteiger charge is -2.16. The molecule has 116 valence electrons. The first-order valence-electron chi connectivity index (χ1n) is 7.35. The van der Waals surface area contributed by atoms with Crippen LogP contribution in [0.4, 0.5) is 0 Å². The minimum atomic E-state index is -0.0972. The molecule has 3 rings (SSSR count). The van der Waals surface area contributed by atoms with E-state index in [9.17, 15) is 4.79 Å². The van der Waals surface area contributed by atoms with Crippen LogP contribution >= 0.6 is 0 Å². The third kappa shape index (κ3) is 2.42. The van der Waals surface area contributed by atoms with E-state index in [-0.39, 0.29) is 5.56 Å². The standard InChI is InChI=1S/C19H18N2O2/c1-12(2)16-11-21(17-13(3)9-10-20-18(17)23-4)19(22)15-8-6-5-7-14(15)16/h5-11H,1H2,2-4H3. The molecule has 0 spiro atoms. The van der Waals surface area contributed by atoms with Gasteiger partial charge < -0.3 is 4.74 Å². The summed E-state index contributed by atoms with van der Waals surface area (Å²) in [4.78, 5) is 17.2. The molecule has 23 heavy (non-hydrogen) atoms. The molecule has 0 amide bonds. The zero-order valence-electron chi connectivity index (χ0n) is 13.5. The largest absolute Gasteiger partial charge is 0.479 e. The second-order valence-electron chi connectivity index (χ2n) is 5.53. The number of nitrogens with zero attached hydrogens (tertiary/aromatic N) is 2. The molecule has 3 aromatic rings. The number of aryl methyl sites for hydroxylation is 1. The summed E-state index contributed by atoms with van der Waals surface area (Å²) in [5, 5.41) is 1.56. The highest BCUT2D eigenvalue weighted by atomic mass is 16.5. The Labute approximate surface area is 134 Å². The molecular formula is C19H18N2O2. The fraction of sp³-hybridized carbons (Fsp3) is 0.158. The summed E-state index contributed by atoms with van der Waals surface area (Å²) < 4.78 is 6.96. The highest BCUT2D eigenvalue weighted by Crippen LogP contribution is 2.27. The summed E-state index contributed by atoms with van der Waals surface area (Å²) in [6.45, 7) is 7.91. The normalized spacial score (nSPS) is 10.7. The SMILES string of the molecule is C=C(C)c1cn(-c2c(C)ccnc2OC)c(=O)c2ccccc12. The first-order valence-corrected chi connectivity index (χ1v) is 7.35. The van der Waals surface area contributed by atoms with Crippen LogP contribution in [0.15, 0.2) is 54.1 Å². The van der Waals surface area contributed by atoms with Crippen molar-refractivity contribution in [2.45, 2.75) is 13.8 Å². The van der Waals surface area contributed by atoms with E-state index in [2.05, 4.69) is 11.6 Å². The fourth-order valence-electron chi connectivity index (χ4n) is 2.77. The monoisotopic (exact) mass is 306 g/mol. The van der Waals surface area contributed by atoms with Gasteiger partial charge in [0.15, 0.2) is 0 Å². The molecule has 2 aromatic heterocycles. The van der Waals surface area contributed by atoms with Crippen molar-refractivity contribution in [3.05, 3.63) is 70.8 Å². The summed E-state index contributed by atoms with van der Waals surface area (Å²) in [7, 11) is 1.55. The number of allylic oxidation sites excluding steroid dienone is 1. The average Bonchev–Trinajstić information content (AvgIpc) is 2.55. The van der Waals surface area contributed by atoms with Crippen LogP contribution in [0.1, 0.15) is 18.1 Å². The quantitative estimate of drug-likeness (QED) is 0.740. The van der Waals surface area contributed by atoms with Crippen LogP contribution in [0.3, 0.4) is 0 Å². The van der Waals surface area contributed by atoms with Gasteiger partial charge in [-0.25, -0.2) is 4.98 Å². The van der Waals surface area contributed by atoms with Gasteiger partial charge in [-0.3, -0.25) is 9.36 Å². The van der Waals surface area contributed by atoms with E-state index in [1.54, 1.807) is 17.9 Å². The molecule has 0 aliphatic heterocycles. The zero-order valence-corrected chi connectivity index (χ0v) is 13.5. The number of hydrogen-bond donors (Lipinski definition) is 0. The number of hydrogen-bond acceptors (Lipinski definition) is 3. The average molecular weight is 306 g/mol. The number of pyridine rings is 2. The molecule has 0 unspecified atom stereocenters. The lowest BCUT2D eigenvalue weighted by Crippen LogP contribution is -2.20. The molecule has 4 heteroatoms. The smallest absolute Gasteiger partial charge is 0.263 e. The predicted octanol–water partition coefficient (Wildman–Crippen LogP) is 3.74. The Morgan fingerprint density at radius 1 is 1.22 bits per heavy atom. The lowest BCUT2D eigenvalue weighted by atomic mass is 10.0. The molecule has 0 aliphatic carbocycles. The number of benzene rings is 1. The van der Waals surface area contributed by atoms with Crippen molar-refractivity contribution in [1.82, 2.24) is 9.55 Å². The summed E-state index contributed by atoms with van der Waals surface area (Å²) in [5.41, 5.74) is 3.32.